The number of para-hydroxylation sites is 1. The summed E-state index contributed by atoms with van der Waals surface area (Å²) in [5.74, 6) is 0.607. The Labute approximate surface area is 224 Å². The highest BCUT2D eigenvalue weighted by molar-refractivity contribution is 5.92. The SMILES string of the molecule is CCN(CC(=O)Nc1ccc(Oc2ccccc2)cc1)C1CC2CCC(C1)N2Cc1ccc(C(=O)O)cc1. The number of aromatic carboxylic acids is 1. The van der Waals surface area contributed by atoms with E-state index in [1.165, 1.54) is 12.8 Å². The number of nitrogens with one attached hydrogen (secondary N) is 1. The molecule has 7 nitrogen and oxygen atoms in total. The van der Waals surface area contributed by atoms with Crippen molar-refractivity contribution in [1.29, 1.82) is 0 Å². The summed E-state index contributed by atoms with van der Waals surface area (Å²) in [6.07, 6.45) is 4.46. The molecule has 0 aromatic heterocycles. The predicted molar refractivity (Wildman–Crippen MR) is 148 cm³/mol. The van der Waals surface area contributed by atoms with E-state index in [0.717, 1.165) is 48.7 Å². The topological polar surface area (TPSA) is 82.1 Å². The maximum Gasteiger partial charge on any atom is 0.335 e. The van der Waals surface area contributed by atoms with Crippen molar-refractivity contribution < 1.29 is 19.4 Å². The van der Waals surface area contributed by atoms with E-state index in [2.05, 4.69) is 22.0 Å². The summed E-state index contributed by atoms with van der Waals surface area (Å²) in [6.45, 7) is 4.18. The first-order valence-corrected chi connectivity index (χ1v) is 13.4. The van der Waals surface area contributed by atoms with Gasteiger partial charge in [-0.25, -0.2) is 4.79 Å². The number of piperidine rings is 1. The molecule has 38 heavy (non-hydrogen) atoms. The number of fused-ring (bicyclic) bond motifs is 2. The van der Waals surface area contributed by atoms with Crippen LogP contribution in [-0.2, 0) is 11.3 Å². The first-order valence-electron chi connectivity index (χ1n) is 13.4. The summed E-state index contributed by atoms with van der Waals surface area (Å²) < 4.78 is 5.84. The van der Waals surface area contributed by atoms with E-state index in [9.17, 15) is 9.59 Å². The van der Waals surface area contributed by atoms with Crippen LogP contribution in [0.25, 0.3) is 0 Å². The lowest BCUT2D eigenvalue weighted by Gasteiger charge is -2.43. The van der Waals surface area contributed by atoms with Crippen LogP contribution in [0.4, 0.5) is 5.69 Å². The second-order valence-corrected chi connectivity index (χ2v) is 10.2. The van der Waals surface area contributed by atoms with Gasteiger partial charge in [-0.15, -0.1) is 0 Å². The van der Waals surface area contributed by atoms with Crippen molar-refractivity contribution in [2.75, 3.05) is 18.4 Å². The van der Waals surface area contributed by atoms with Crippen LogP contribution in [0.3, 0.4) is 0 Å². The van der Waals surface area contributed by atoms with E-state index < -0.39 is 5.97 Å². The van der Waals surface area contributed by atoms with Gasteiger partial charge in [0.2, 0.25) is 5.91 Å². The van der Waals surface area contributed by atoms with Gasteiger partial charge in [0.05, 0.1) is 12.1 Å². The molecular formula is C31H35N3O4. The molecule has 2 fully saturated rings. The van der Waals surface area contributed by atoms with Crippen LogP contribution in [-0.4, -0.2) is 58.0 Å². The molecule has 2 aliphatic rings. The molecular weight excluding hydrogens is 478 g/mol. The van der Waals surface area contributed by atoms with Gasteiger partial charge in [-0.05, 0) is 86.3 Å². The largest absolute Gasteiger partial charge is 0.478 e. The van der Waals surface area contributed by atoms with Crippen molar-refractivity contribution in [2.45, 2.75) is 57.3 Å². The van der Waals surface area contributed by atoms with Crippen LogP contribution < -0.4 is 10.1 Å². The fourth-order valence-electron chi connectivity index (χ4n) is 5.88. The van der Waals surface area contributed by atoms with Crippen molar-refractivity contribution >= 4 is 17.6 Å². The van der Waals surface area contributed by atoms with Crippen LogP contribution >= 0.6 is 0 Å². The third-order valence-electron chi connectivity index (χ3n) is 7.81. The Balaban J connectivity index is 1.13. The summed E-state index contributed by atoms with van der Waals surface area (Å²) in [5, 5.41) is 12.2. The Hall–Kier alpha value is -3.68. The molecule has 0 saturated carbocycles. The minimum atomic E-state index is -0.893. The van der Waals surface area contributed by atoms with Crippen LogP contribution in [0.1, 0.15) is 48.5 Å². The first kappa shape index (κ1) is 25.9. The molecule has 2 heterocycles. The van der Waals surface area contributed by atoms with Crippen LogP contribution in [0.5, 0.6) is 11.5 Å². The smallest absolute Gasteiger partial charge is 0.335 e. The van der Waals surface area contributed by atoms with Gasteiger partial charge in [0.1, 0.15) is 11.5 Å². The number of nitrogens with zero attached hydrogens (tertiary/aromatic N) is 2. The molecule has 2 atom stereocenters. The molecule has 2 unspecified atom stereocenters. The number of hydrogen-bond acceptors (Lipinski definition) is 5. The fourth-order valence-corrected chi connectivity index (χ4v) is 5.88. The van der Waals surface area contributed by atoms with Crippen LogP contribution in [0.2, 0.25) is 0 Å². The zero-order valence-electron chi connectivity index (χ0n) is 21.8. The molecule has 3 aromatic carbocycles. The number of carbonyl (C=O) groups is 2. The highest BCUT2D eigenvalue weighted by Crippen LogP contribution is 2.38. The average Bonchev–Trinajstić information content (AvgIpc) is 3.15. The summed E-state index contributed by atoms with van der Waals surface area (Å²) in [7, 11) is 0. The quantitative estimate of drug-likeness (QED) is 0.366. The number of rotatable bonds is 10. The number of amides is 1. The standard InChI is InChI=1S/C31H35N3O4/c1-2-33(21-30(35)32-24-12-16-29(17-13-24)38-28-6-4-3-5-7-28)27-18-25-14-15-26(19-27)34(25)20-22-8-10-23(11-9-22)31(36)37/h3-13,16-17,25-27H,2,14-15,18-21H2,1H3,(H,32,35)(H,36,37). The Morgan fingerprint density at radius 1 is 0.921 bits per heavy atom. The second-order valence-electron chi connectivity index (χ2n) is 10.2. The number of benzene rings is 3. The van der Waals surface area contributed by atoms with Gasteiger partial charge in [0.15, 0.2) is 0 Å². The molecule has 3 aromatic rings. The Morgan fingerprint density at radius 2 is 1.55 bits per heavy atom. The lowest BCUT2D eigenvalue weighted by molar-refractivity contribution is -0.118. The Kier molecular flexibility index (Phi) is 8.05. The van der Waals surface area contributed by atoms with Gasteiger partial charge < -0.3 is 15.2 Å². The summed E-state index contributed by atoms with van der Waals surface area (Å²) in [4.78, 5) is 29.0. The fraction of sp³-hybridized carbons (Fsp3) is 0.355. The highest BCUT2D eigenvalue weighted by atomic mass is 16.5. The van der Waals surface area contributed by atoms with Gasteiger partial charge in [0.25, 0.3) is 0 Å². The number of carbonyl (C=O) groups excluding carboxylic acids is 1. The third-order valence-corrected chi connectivity index (χ3v) is 7.81. The first-order chi connectivity index (χ1) is 18.5. The van der Waals surface area contributed by atoms with Crippen molar-refractivity contribution in [1.82, 2.24) is 9.80 Å². The number of likely N-dealkylation sites (N-methyl/N-ethyl adjacent to an activating group) is 1. The zero-order valence-corrected chi connectivity index (χ0v) is 21.8. The van der Waals surface area contributed by atoms with Crippen molar-refractivity contribution in [3.8, 4) is 11.5 Å². The van der Waals surface area contributed by atoms with Gasteiger partial charge >= 0.3 is 5.97 Å². The molecule has 0 aliphatic carbocycles. The summed E-state index contributed by atoms with van der Waals surface area (Å²) >= 11 is 0. The van der Waals surface area contributed by atoms with Gasteiger partial charge in [-0.3, -0.25) is 14.6 Å². The molecule has 2 aliphatic heterocycles. The maximum atomic E-state index is 12.9. The van der Waals surface area contributed by atoms with Crippen molar-refractivity contribution in [3.05, 3.63) is 90.0 Å². The maximum absolute atomic E-state index is 12.9. The molecule has 2 saturated heterocycles. The number of carboxylic acids is 1. The highest BCUT2D eigenvalue weighted by Gasteiger charge is 2.42. The van der Waals surface area contributed by atoms with E-state index in [4.69, 9.17) is 9.84 Å². The molecule has 198 valence electrons. The monoisotopic (exact) mass is 513 g/mol. The van der Waals surface area contributed by atoms with E-state index in [1.807, 2.05) is 66.7 Å². The molecule has 0 radical (unpaired) electrons. The number of anilines is 1. The minimum absolute atomic E-state index is 0.00289. The van der Waals surface area contributed by atoms with Crippen LogP contribution in [0.15, 0.2) is 78.9 Å². The van der Waals surface area contributed by atoms with E-state index in [-0.39, 0.29) is 5.91 Å². The van der Waals surface area contributed by atoms with Crippen molar-refractivity contribution in [2.24, 2.45) is 0 Å². The van der Waals surface area contributed by atoms with E-state index in [1.54, 1.807) is 12.1 Å². The van der Waals surface area contributed by atoms with Crippen molar-refractivity contribution in [3.63, 3.8) is 0 Å². The Morgan fingerprint density at radius 3 is 2.16 bits per heavy atom. The van der Waals surface area contributed by atoms with Gasteiger partial charge in [0, 0.05) is 30.4 Å². The predicted octanol–water partition coefficient (Wildman–Crippen LogP) is 5.63. The minimum Gasteiger partial charge on any atom is -0.478 e. The molecule has 0 spiro atoms. The third kappa shape index (κ3) is 6.23. The average molecular weight is 514 g/mol. The van der Waals surface area contributed by atoms with E-state index >= 15 is 0 Å². The lowest BCUT2D eigenvalue weighted by atomic mass is 9.95. The van der Waals surface area contributed by atoms with Gasteiger partial charge in [-0.1, -0.05) is 37.3 Å². The van der Waals surface area contributed by atoms with Crippen LogP contribution in [0, 0.1) is 0 Å². The lowest BCUT2D eigenvalue weighted by Crippen LogP contribution is -2.51. The molecule has 5 rings (SSSR count). The number of carboxylic acid groups (broad SMARTS) is 1. The molecule has 7 heteroatoms. The molecule has 2 N–H and O–H groups in total. The molecule has 1 amide bonds. The van der Waals surface area contributed by atoms with Gasteiger partial charge in [-0.2, -0.15) is 0 Å². The second kappa shape index (κ2) is 11.8. The molecule has 2 bridgehead atoms. The Bertz CT molecular complexity index is 1220. The zero-order chi connectivity index (χ0) is 26.5. The number of hydrogen-bond donors (Lipinski definition) is 2. The summed E-state index contributed by atoms with van der Waals surface area (Å²) in [5.41, 5.74) is 2.23. The normalized spacial score (nSPS) is 20.8. The number of ether oxygens (including phenoxy) is 1. The van der Waals surface area contributed by atoms with E-state index in [0.29, 0.717) is 30.2 Å². The summed E-state index contributed by atoms with van der Waals surface area (Å²) in [6, 6.07) is 25.7.